The number of nitrogens with zero attached hydrogens (tertiary/aromatic N) is 3. The van der Waals surface area contributed by atoms with Gasteiger partial charge in [-0.05, 0) is 68.3 Å². The van der Waals surface area contributed by atoms with Crippen LogP contribution in [0.5, 0.6) is 0 Å². The van der Waals surface area contributed by atoms with Gasteiger partial charge in [-0.1, -0.05) is 172 Å². The molecule has 7 aromatic carbocycles. The molecule has 0 aliphatic heterocycles. The van der Waals surface area contributed by atoms with Crippen molar-refractivity contribution in [3.63, 3.8) is 0 Å². The van der Waals surface area contributed by atoms with Crippen molar-refractivity contribution in [1.29, 1.82) is 0 Å². The van der Waals surface area contributed by atoms with Gasteiger partial charge in [0.25, 0.3) is 0 Å². The summed E-state index contributed by atoms with van der Waals surface area (Å²) in [5.74, 6) is 1.92. The van der Waals surface area contributed by atoms with Gasteiger partial charge in [0.15, 0.2) is 17.5 Å². The summed E-state index contributed by atoms with van der Waals surface area (Å²) >= 11 is 0. The molecule has 242 valence electrons. The van der Waals surface area contributed by atoms with Crippen LogP contribution in [0.4, 0.5) is 0 Å². The Bertz CT molecular complexity index is 2470. The standard InChI is InChI=1S/C48H35N3/c1-48(2)42-26-16-15-25-38(42)39-28-27-36(31-43(39)48)40-29-37(32-17-7-3-8-18-32)30-41(44(40)33-19-9-4-10-20-33)47-50-45(34-21-11-5-12-22-34)49-46(51-47)35-23-13-6-14-24-35/h3-31H,1-2H3. The van der Waals surface area contributed by atoms with Gasteiger partial charge in [-0.25, -0.2) is 15.0 Å². The van der Waals surface area contributed by atoms with E-state index in [1.807, 2.05) is 36.4 Å². The van der Waals surface area contributed by atoms with Crippen molar-refractivity contribution in [1.82, 2.24) is 15.0 Å². The summed E-state index contributed by atoms with van der Waals surface area (Å²) in [6, 6.07) is 62.1. The Hall–Kier alpha value is -6.45. The van der Waals surface area contributed by atoms with Crippen LogP contribution < -0.4 is 0 Å². The highest BCUT2D eigenvalue weighted by Crippen LogP contribution is 2.51. The molecule has 1 aromatic heterocycles. The van der Waals surface area contributed by atoms with Gasteiger partial charge in [0, 0.05) is 27.7 Å². The number of hydrogen-bond acceptors (Lipinski definition) is 3. The van der Waals surface area contributed by atoms with Crippen molar-refractivity contribution >= 4 is 0 Å². The highest BCUT2D eigenvalue weighted by molar-refractivity contribution is 5.97. The number of fused-ring (bicyclic) bond motifs is 3. The van der Waals surface area contributed by atoms with Crippen LogP contribution in [0, 0.1) is 0 Å². The maximum Gasteiger partial charge on any atom is 0.164 e. The molecule has 1 heterocycles. The minimum absolute atomic E-state index is 0.127. The molecular weight excluding hydrogens is 619 g/mol. The van der Waals surface area contributed by atoms with E-state index in [0.717, 1.165) is 50.1 Å². The van der Waals surface area contributed by atoms with Gasteiger partial charge in [0.05, 0.1) is 0 Å². The van der Waals surface area contributed by atoms with E-state index in [9.17, 15) is 0 Å². The lowest BCUT2D eigenvalue weighted by Gasteiger charge is -2.23. The van der Waals surface area contributed by atoms with Gasteiger partial charge < -0.3 is 0 Å². The summed E-state index contributed by atoms with van der Waals surface area (Å²) in [5, 5.41) is 0. The quantitative estimate of drug-likeness (QED) is 0.179. The van der Waals surface area contributed by atoms with Crippen LogP contribution >= 0.6 is 0 Å². The summed E-state index contributed by atoms with van der Waals surface area (Å²) in [5.41, 5.74) is 14.8. The van der Waals surface area contributed by atoms with E-state index in [-0.39, 0.29) is 5.41 Å². The monoisotopic (exact) mass is 653 g/mol. The van der Waals surface area contributed by atoms with Crippen LogP contribution in [-0.2, 0) is 5.41 Å². The average molecular weight is 654 g/mol. The molecule has 0 unspecified atom stereocenters. The van der Waals surface area contributed by atoms with Gasteiger partial charge >= 0.3 is 0 Å². The summed E-state index contributed by atoms with van der Waals surface area (Å²) < 4.78 is 0. The van der Waals surface area contributed by atoms with Crippen molar-refractivity contribution in [2.24, 2.45) is 0 Å². The summed E-state index contributed by atoms with van der Waals surface area (Å²) in [7, 11) is 0. The molecule has 1 aliphatic rings. The molecule has 3 nitrogen and oxygen atoms in total. The minimum Gasteiger partial charge on any atom is -0.208 e. The van der Waals surface area contributed by atoms with Crippen LogP contribution in [0.3, 0.4) is 0 Å². The summed E-state index contributed by atoms with van der Waals surface area (Å²) in [6.07, 6.45) is 0. The van der Waals surface area contributed by atoms with Gasteiger partial charge in [0.1, 0.15) is 0 Å². The second kappa shape index (κ2) is 12.5. The normalized spacial score (nSPS) is 12.7. The molecule has 3 heteroatoms. The van der Waals surface area contributed by atoms with E-state index in [2.05, 4.69) is 153 Å². The van der Waals surface area contributed by atoms with Crippen molar-refractivity contribution in [2.75, 3.05) is 0 Å². The molecule has 0 saturated heterocycles. The van der Waals surface area contributed by atoms with Gasteiger partial charge in [-0.3, -0.25) is 0 Å². The van der Waals surface area contributed by atoms with Crippen LogP contribution in [0.1, 0.15) is 25.0 Å². The van der Waals surface area contributed by atoms with Gasteiger partial charge in [0.2, 0.25) is 0 Å². The molecular formula is C48H35N3. The zero-order chi connectivity index (χ0) is 34.4. The topological polar surface area (TPSA) is 38.7 Å². The van der Waals surface area contributed by atoms with Crippen molar-refractivity contribution in [3.05, 3.63) is 187 Å². The average Bonchev–Trinajstić information content (AvgIpc) is 3.44. The Balaban J connectivity index is 1.36. The first-order valence-corrected chi connectivity index (χ1v) is 17.5. The van der Waals surface area contributed by atoms with Gasteiger partial charge in [-0.2, -0.15) is 0 Å². The zero-order valence-electron chi connectivity index (χ0n) is 28.6. The fourth-order valence-electron chi connectivity index (χ4n) is 7.56. The molecule has 0 atom stereocenters. The van der Waals surface area contributed by atoms with Crippen molar-refractivity contribution in [3.8, 4) is 78.7 Å². The highest BCUT2D eigenvalue weighted by atomic mass is 15.0. The molecule has 9 rings (SSSR count). The maximum absolute atomic E-state index is 5.24. The van der Waals surface area contributed by atoms with Crippen LogP contribution in [0.25, 0.3) is 78.7 Å². The second-order valence-electron chi connectivity index (χ2n) is 13.6. The molecule has 0 amide bonds. The molecule has 0 saturated carbocycles. The largest absolute Gasteiger partial charge is 0.208 e. The van der Waals surface area contributed by atoms with Crippen molar-refractivity contribution < 1.29 is 0 Å². The van der Waals surface area contributed by atoms with E-state index in [0.29, 0.717) is 17.5 Å². The predicted molar refractivity (Wildman–Crippen MR) is 210 cm³/mol. The number of hydrogen-bond donors (Lipinski definition) is 0. The smallest absolute Gasteiger partial charge is 0.164 e. The molecule has 0 N–H and O–H groups in total. The van der Waals surface area contributed by atoms with Crippen LogP contribution in [0.15, 0.2) is 176 Å². The first-order valence-electron chi connectivity index (χ1n) is 17.5. The van der Waals surface area contributed by atoms with Crippen LogP contribution in [0.2, 0.25) is 0 Å². The van der Waals surface area contributed by atoms with E-state index in [4.69, 9.17) is 15.0 Å². The molecule has 0 spiro atoms. The fourth-order valence-corrected chi connectivity index (χ4v) is 7.56. The predicted octanol–water partition coefficient (Wildman–Crippen LogP) is 12.2. The Labute approximate surface area is 299 Å². The molecule has 0 fully saturated rings. The third kappa shape index (κ3) is 5.44. The Morgan fingerprint density at radius 3 is 1.39 bits per heavy atom. The molecule has 0 bridgehead atoms. The van der Waals surface area contributed by atoms with Crippen molar-refractivity contribution in [2.45, 2.75) is 19.3 Å². The molecule has 51 heavy (non-hydrogen) atoms. The van der Waals surface area contributed by atoms with E-state index < -0.39 is 0 Å². The van der Waals surface area contributed by atoms with E-state index in [1.54, 1.807) is 0 Å². The minimum atomic E-state index is -0.127. The third-order valence-corrected chi connectivity index (χ3v) is 10.1. The fraction of sp³-hybridized carbons (Fsp3) is 0.0625. The lowest BCUT2D eigenvalue weighted by Crippen LogP contribution is -2.14. The number of benzene rings is 7. The lowest BCUT2D eigenvalue weighted by molar-refractivity contribution is 0.660. The Kier molecular flexibility index (Phi) is 7.48. The zero-order valence-corrected chi connectivity index (χ0v) is 28.6. The number of aromatic nitrogens is 3. The number of rotatable bonds is 6. The molecule has 1 aliphatic carbocycles. The van der Waals surface area contributed by atoms with Crippen LogP contribution in [-0.4, -0.2) is 15.0 Å². The molecule has 0 radical (unpaired) electrons. The second-order valence-corrected chi connectivity index (χ2v) is 13.6. The maximum atomic E-state index is 5.24. The summed E-state index contributed by atoms with van der Waals surface area (Å²) in [6.45, 7) is 4.68. The first kappa shape index (κ1) is 30.6. The highest BCUT2D eigenvalue weighted by Gasteiger charge is 2.35. The lowest BCUT2D eigenvalue weighted by atomic mass is 9.80. The molecule has 8 aromatic rings. The first-order chi connectivity index (χ1) is 25.0. The van der Waals surface area contributed by atoms with Gasteiger partial charge in [-0.15, -0.1) is 0 Å². The van der Waals surface area contributed by atoms with E-state index in [1.165, 1.54) is 22.3 Å². The third-order valence-electron chi connectivity index (χ3n) is 10.1. The summed E-state index contributed by atoms with van der Waals surface area (Å²) in [4.78, 5) is 15.5. The van der Waals surface area contributed by atoms with E-state index >= 15 is 0 Å². The Morgan fingerprint density at radius 2 is 0.784 bits per heavy atom. The Morgan fingerprint density at radius 1 is 0.314 bits per heavy atom. The SMILES string of the molecule is CC1(C)c2ccccc2-c2ccc(-c3cc(-c4ccccc4)cc(-c4nc(-c5ccccc5)nc(-c5ccccc5)n4)c3-c3ccccc3)cc21.